The van der Waals surface area contributed by atoms with Gasteiger partial charge >= 0.3 is 0 Å². The van der Waals surface area contributed by atoms with Crippen LogP contribution in [-0.4, -0.2) is 32.1 Å². The molecule has 146 valence electrons. The Hall–Kier alpha value is -3.28. The summed E-state index contributed by atoms with van der Waals surface area (Å²) < 4.78 is 10.7. The first-order valence-corrected chi connectivity index (χ1v) is 9.27. The summed E-state index contributed by atoms with van der Waals surface area (Å²) in [5.41, 5.74) is 1.89. The van der Waals surface area contributed by atoms with Crippen LogP contribution < -0.4 is 20.1 Å². The van der Waals surface area contributed by atoms with Gasteiger partial charge in [0.1, 0.15) is 11.5 Å². The number of carbonyl (C=O) groups is 2. The van der Waals surface area contributed by atoms with Crippen molar-refractivity contribution in [3.63, 3.8) is 0 Å². The zero-order valence-electron chi connectivity index (χ0n) is 15.8. The first-order valence-electron chi connectivity index (χ1n) is 9.27. The standard InChI is InChI=1S/C22H24N2O4/c1-27-17-9-6-16(7-10-17)8-11-21(25)23-14-12-22(26)24-19-13-15-28-20-5-3-2-4-18(19)20/h2-11,19H,12-15H2,1H3,(H,23,25)(H,24,26)/b11-8+/t19-/m0/s1. The third-order valence-corrected chi connectivity index (χ3v) is 4.49. The van der Waals surface area contributed by atoms with Crippen molar-refractivity contribution < 1.29 is 19.1 Å². The fourth-order valence-electron chi connectivity index (χ4n) is 3.00. The van der Waals surface area contributed by atoms with Gasteiger partial charge in [-0.1, -0.05) is 30.3 Å². The topological polar surface area (TPSA) is 76.7 Å². The quantitative estimate of drug-likeness (QED) is 0.724. The van der Waals surface area contributed by atoms with Gasteiger partial charge in [-0.2, -0.15) is 0 Å². The zero-order chi connectivity index (χ0) is 19.8. The second-order valence-electron chi connectivity index (χ2n) is 6.44. The molecule has 2 N–H and O–H groups in total. The van der Waals surface area contributed by atoms with Gasteiger partial charge in [0, 0.05) is 31.0 Å². The number of carbonyl (C=O) groups excluding carboxylic acids is 2. The van der Waals surface area contributed by atoms with Crippen LogP contribution in [0.5, 0.6) is 11.5 Å². The molecular formula is C22H24N2O4. The van der Waals surface area contributed by atoms with Crippen LogP contribution in [0.2, 0.25) is 0 Å². The highest BCUT2D eigenvalue weighted by atomic mass is 16.5. The molecule has 6 heteroatoms. The summed E-state index contributed by atoms with van der Waals surface area (Å²) in [5, 5.41) is 5.74. The van der Waals surface area contributed by atoms with E-state index in [1.165, 1.54) is 6.08 Å². The Morgan fingerprint density at radius 3 is 2.75 bits per heavy atom. The van der Waals surface area contributed by atoms with Gasteiger partial charge in [0.25, 0.3) is 0 Å². The molecule has 0 aromatic heterocycles. The Labute approximate surface area is 164 Å². The molecule has 6 nitrogen and oxygen atoms in total. The molecule has 0 radical (unpaired) electrons. The van der Waals surface area contributed by atoms with Gasteiger partial charge in [-0.05, 0) is 29.8 Å². The molecule has 1 aliphatic heterocycles. The molecule has 1 heterocycles. The Balaban J connectivity index is 1.41. The minimum atomic E-state index is -0.236. The normalized spacial score (nSPS) is 15.4. The van der Waals surface area contributed by atoms with Crippen LogP contribution in [-0.2, 0) is 9.59 Å². The van der Waals surface area contributed by atoms with Crippen LogP contribution in [0.3, 0.4) is 0 Å². The van der Waals surface area contributed by atoms with E-state index < -0.39 is 0 Å². The van der Waals surface area contributed by atoms with Gasteiger partial charge < -0.3 is 20.1 Å². The molecule has 2 amide bonds. The number of amides is 2. The molecule has 2 aromatic carbocycles. The molecule has 0 bridgehead atoms. The number of ether oxygens (including phenoxy) is 2. The minimum absolute atomic E-state index is 0.0527. The summed E-state index contributed by atoms with van der Waals surface area (Å²) in [7, 11) is 1.61. The third-order valence-electron chi connectivity index (χ3n) is 4.49. The lowest BCUT2D eigenvalue weighted by Crippen LogP contribution is -2.34. The molecule has 1 aliphatic rings. The van der Waals surface area contributed by atoms with Crippen molar-refractivity contribution in [3.05, 3.63) is 65.7 Å². The number of fused-ring (bicyclic) bond motifs is 1. The number of hydrogen-bond donors (Lipinski definition) is 2. The summed E-state index contributed by atoms with van der Waals surface area (Å²) in [5.74, 6) is 1.25. The van der Waals surface area contributed by atoms with Crippen molar-refractivity contribution in [3.8, 4) is 11.5 Å². The van der Waals surface area contributed by atoms with E-state index in [2.05, 4.69) is 10.6 Å². The number of hydrogen-bond acceptors (Lipinski definition) is 4. The highest BCUT2D eigenvalue weighted by molar-refractivity contribution is 5.92. The van der Waals surface area contributed by atoms with E-state index in [-0.39, 0.29) is 30.8 Å². The molecule has 2 aromatic rings. The first-order chi connectivity index (χ1) is 13.7. The van der Waals surface area contributed by atoms with Gasteiger partial charge in [-0.3, -0.25) is 9.59 Å². The number of methoxy groups -OCH3 is 1. The fourth-order valence-corrected chi connectivity index (χ4v) is 3.00. The summed E-state index contributed by atoms with van der Waals surface area (Å²) in [6.07, 6.45) is 4.13. The Morgan fingerprint density at radius 1 is 1.18 bits per heavy atom. The van der Waals surface area contributed by atoms with Crippen molar-refractivity contribution in [2.24, 2.45) is 0 Å². The molecule has 28 heavy (non-hydrogen) atoms. The lowest BCUT2D eigenvalue weighted by atomic mass is 10.0. The SMILES string of the molecule is COc1ccc(/C=C/C(=O)NCCC(=O)N[C@H]2CCOc3ccccc32)cc1. The average molecular weight is 380 g/mol. The van der Waals surface area contributed by atoms with E-state index in [4.69, 9.17) is 9.47 Å². The van der Waals surface area contributed by atoms with Gasteiger partial charge in [0.05, 0.1) is 19.8 Å². The molecule has 0 aliphatic carbocycles. The monoisotopic (exact) mass is 380 g/mol. The maximum atomic E-state index is 12.2. The highest BCUT2D eigenvalue weighted by Crippen LogP contribution is 2.31. The lowest BCUT2D eigenvalue weighted by molar-refractivity contribution is -0.122. The van der Waals surface area contributed by atoms with Crippen molar-refractivity contribution in [1.82, 2.24) is 10.6 Å². The summed E-state index contributed by atoms with van der Waals surface area (Å²) in [4.78, 5) is 24.1. The van der Waals surface area contributed by atoms with E-state index in [0.29, 0.717) is 6.61 Å². The summed E-state index contributed by atoms with van der Waals surface area (Å²) in [6, 6.07) is 15.0. The second kappa shape index (κ2) is 9.60. The Morgan fingerprint density at radius 2 is 1.96 bits per heavy atom. The summed E-state index contributed by atoms with van der Waals surface area (Å²) >= 11 is 0. The van der Waals surface area contributed by atoms with E-state index in [0.717, 1.165) is 29.0 Å². The maximum absolute atomic E-state index is 12.2. The summed E-state index contributed by atoms with van der Waals surface area (Å²) in [6.45, 7) is 0.858. The predicted molar refractivity (Wildman–Crippen MR) is 107 cm³/mol. The first kappa shape index (κ1) is 19.5. The van der Waals surface area contributed by atoms with Crippen molar-refractivity contribution >= 4 is 17.9 Å². The van der Waals surface area contributed by atoms with Crippen LogP contribution in [0.1, 0.15) is 30.0 Å². The smallest absolute Gasteiger partial charge is 0.244 e. The number of para-hydroxylation sites is 1. The van der Waals surface area contributed by atoms with Crippen LogP contribution in [0.15, 0.2) is 54.6 Å². The molecule has 0 saturated heterocycles. The maximum Gasteiger partial charge on any atom is 0.244 e. The number of nitrogens with one attached hydrogen (secondary N) is 2. The van der Waals surface area contributed by atoms with Gasteiger partial charge in [0.2, 0.25) is 11.8 Å². The Bertz CT molecular complexity index is 846. The van der Waals surface area contributed by atoms with Crippen LogP contribution in [0, 0.1) is 0 Å². The van der Waals surface area contributed by atoms with Gasteiger partial charge in [-0.15, -0.1) is 0 Å². The highest BCUT2D eigenvalue weighted by Gasteiger charge is 2.22. The van der Waals surface area contributed by atoms with Gasteiger partial charge in [0.15, 0.2) is 0 Å². The molecule has 3 rings (SSSR count). The largest absolute Gasteiger partial charge is 0.497 e. The fraction of sp³-hybridized carbons (Fsp3) is 0.273. The van der Waals surface area contributed by atoms with E-state index >= 15 is 0 Å². The predicted octanol–water partition coefficient (Wildman–Crippen LogP) is 2.85. The minimum Gasteiger partial charge on any atom is -0.497 e. The van der Waals surface area contributed by atoms with Crippen molar-refractivity contribution in [2.75, 3.05) is 20.3 Å². The second-order valence-corrected chi connectivity index (χ2v) is 6.44. The lowest BCUT2D eigenvalue weighted by Gasteiger charge is -2.26. The number of rotatable bonds is 7. The Kier molecular flexibility index (Phi) is 6.68. The van der Waals surface area contributed by atoms with Crippen molar-refractivity contribution in [1.29, 1.82) is 0 Å². The molecule has 1 atom stereocenters. The molecule has 0 spiro atoms. The van der Waals surface area contributed by atoms with Crippen LogP contribution in [0.25, 0.3) is 6.08 Å². The molecule has 0 saturated carbocycles. The van der Waals surface area contributed by atoms with Crippen molar-refractivity contribution in [2.45, 2.75) is 18.9 Å². The molecular weight excluding hydrogens is 356 g/mol. The van der Waals surface area contributed by atoms with E-state index in [1.54, 1.807) is 13.2 Å². The van der Waals surface area contributed by atoms with E-state index in [1.807, 2.05) is 48.5 Å². The third kappa shape index (κ3) is 5.36. The van der Waals surface area contributed by atoms with Crippen LogP contribution >= 0.6 is 0 Å². The number of benzene rings is 2. The molecule has 0 fully saturated rings. The van der Waals surface area contributed by atoms with Gasteiger partial charge in [-0.25, -0.2) is 0 Å². The average Bonchev–Trinajstić information content (AvgIpc) is 2.73. The van der Waals surface area contributed by atoms with Crippen LogP contribution in [0.4, 0.5) is 0 Å². The van der Waals surface area contributed by atoms with E-state index in [9.17, 15) is 9.59 Å². The zero-order valence-corrected chi connectivity index (χ0v) is 15.8. The molecule has 0 unspecified atom stereocenters.